The molecule has 3 aromatic heterocycles. The summed E-state index contributed by atoms with van der Waals surface area (Å²) in [6, 6.07) is 10.4. The lowest BCUT2D eigenvalue weighted by Crippen LogP contribution is -2.14. The summed E-state index contributed by atoms with van der Waals surface area (Å²) in [5, 5.41) is 2.83. The Hall–Kier alpha value is -3.26. The zero-order valence-corrected chi connectivity index (χ0v) is 17.5. The Labute approximate surface area is 177 Å². The zero-order chi connectivity index (χ0) is 20.7. The average Bonchev–Trinajstić information content (AvgIpc) is 3.52. The number of hydrogen-bond donors (Lipinski definition) is 0. The second kappa shape index (κ2) is 7.53. The van der Waals surface area contributed by atoms with Gasteiger partial charge >= 0.3 is 0 Å². The van der Waals surface area contributed by atoms with Crippen molar-refractivity contribution in [2.75, 3.05) is 25.1 Å². The number of rotatable bonds is 5. The SMILES string of the molecule is CCc1nc2ccc(C3=NCCO3)cn2c1N(C)c1nc(-c2ccc(F)cc2)cs1. The summed E-state index contributed by atoms with van der Waals surface area (Å²) in [5.74, 6) is 1.38. The molecule has 0 unspecified atom stereocenters. The van der Waals surface area contributed by atoms with Gasteiger partial charge in [-0.15, -0.1) is 11.3 Å². The maximum Gasteiger partial charge on any atom is 0.217 e. The third-order valence-corrected chi connectivity index (χ3v) is 5.98. The predicted octanol–water partition coefficient (Wildman–Crippen LogP) is 4.70. The van der Waals surface area contributed by atoms with Crippen molar-refractivity contribution in [3.8, 4) is 11.3 Å². The highest BCUT2D eigenvalue weighted by atomic mass is 32.1. The van der Waals surface area contributed by atoms with Crippen molar-refractivity contribution >= 4 is 33.8 Å². The molecule has 1 aliphatic rings. The van der Waals surface area contributed by atoms with Gasteiger partial charge in [-0.2, -0.15) is 0 Å². The summed E-state index contributed by atoms with van der Waals surface area (Å²) in [6.45, 7) is 3.40. The molecule has 0 N–H and O–H groups in total. The predicted molar refractivity (Wildman–Crippen MR) is 117 cm³/mol. The number of benzene rings is 1. The van der Waals surface area contributed by atoms with E-state index in [-0.39, 0.29) is 5.82 Å². The number of pyridine rings is 1. The molecule has 0 atom stereocenters. The molecule has 0 radical (unpaired) electrons. The van der Waals surface area contributed by atoms with E-state index in [9.17, 15) is 4.39 Å². The first-order chi connectivity index (χ1) is 14.6. The fraction of sp³-hybridized carbons (Fsp3) is 0.227. The average molecular weight is 422 g/mol. The van der Waals surface area contributed by atoms with Gasteiger partial charge in [0.25, 0.3) is 0 Å². The Morgan fingerprint density at radius 3 is 2.67 bits per heavy atom. The number of thiazole rings is 1. The Kier molecular flexibility index (Phi) is 4.71. The van der Waals surface area contributed by atoms with E-state index in [4.69, 9.17) is 14.7 Å². The molecule has 1 aromatic carbocycles. The molecule has 4 aromatic rings. The van der Waals surface area contributed by atoms with E-state index in [0.29, 0.717) is 19.0 Å². The summed E-state index contributed by atoms with van der Waals surface area (Å²) in [6.07, 6.45) is 2.82. The molecule has 152 valence electrons. The number of ether oxygens (including phenoxy) is 1. The first-order valence-electron chi connectivity index (χ1n) is 9.78. The summed E-state index contributed by atoms with van der Waals surface area (Å²) >= 11 is 1.54. The second-order valence-corrected chi connectivity index (χ2v) is 7.83. The van der Waals surface area contributed by atoms with Crippen LogP contribution in [0.4, 0.5) is 15.3 Å². The Balaban J connectivity index is 1.56. The monoisotopic (exact) mass is 421 g/mol. The molecule has 0 saturated carbocycles. The maximum absolute atomic E-state index is 13.2. The Bertz CT molecular complexity index is 1240. The van der Waals surface area contributed by atoms with Gasteiger partial charge in [-0.3, -0.25) is 4.40 Å². The number of aromatic nitrogens is 3. The van der Waals surface area contributed by atoms with Crippen LogP contribution in [0.5, 0.6) is 0 Å². The largest absolute Gasteiger partial charge is 0.475 e. The fourth-order valence-electron chi connectivity index (χ4n) is 3.57. The first kappa shape index (κ1) is 18.7. The lowest BCUT2D eigenvalue weighted by Gasteiger charge is -2.17. The van der Waals surface area contributed by atoms with Crippen LogP contribution in [0.3, 0.4) is 0 Å². The lowest BCUT2D eigenvalue weighted by atomic mass is 10.2. The van der Waals surface area contributed by atoms with Crippen molar-refractivity contribution in [1.82, 2.24) is 14.4 Å². The molecule has 4 heterocycles. The summed E-state index contributed by atoms with van der Waals surface area (Å²) in [7, 11) is 1.99. The van der Waals surface area contributed by atoms with Gasteiger partial charge in [-0.1, -0.05) is 6.92 Å². The highest BCUT2D eigenvalue weighted by Gasteiger charge is 2.20. The fourth-order valence-corrected chi connectivity index (χ4v) is 4.37. The highest BCUT2D eigenvalue weighted by Crippen LogP contribution is 2.33. The smallest absolute Gasteiger partial charge is 0.217 e. The summed E-state index contributed by atoms with van der Waals surface area (Å²) < 4.78 is 20.9. The van der Waals surface area contributed by atoms with Crippen molar-refractivity contribution in [3.63, 3.8) is 0 Å². The molecular formula is C22H20FN5OS. The number of anilines is 2. The van der Waals surface area contributed by atoms with Gasteiger partial charge in [-0.05, 0) is 42.8 Å². The molecular weight excluding hydrogens is 401 g/mol. The van der Waals surface area contributed by atoms with Gasteiger partial charge in [0.2, 0.25) is 5.90 Å². The first-order valence-corrected chi connectivity index (χ1v) is 10.7. The number of aryl methyl sites for hydroxylation is 1. The van der Waals surface area contributed by atoms with Crippen molar-refractivity contribution in [1.29, 1.82) is 0 Å². The molecule has 5 rings (SSSR count). The minimum atomic E-state index is -0.253. The molecule has 0 fully saturated rings. The Morgan fingerprint density at radius 1 is 1.13 bits per heavy atom. The van der Waals surface area contributed by atoms with Crippen LogP contribution in [0.15, 0.2) is 53.0 Å². The normalized spacial score (nSPS) is 13.5. The van der Waals surface area contributed by atoms with Crippen LogP contribution in [0.2, 0.25) is 0 Å². The molecule has 8 heteroatoms. The molecule has 30 heavy (non-hydrogen) atoms. The van der Waals surface area contributed by atoms with Gasteiger partial charge in [0.15, 0.2) is 5.13 Å². The van der Waals surface area contributed by atoms with Gasteiger partial charge < -0.3 is 9.64 Å². The van der Waals surface area contributed by atoms with Crippen molar-refractivity contribution in [2.45, 2.75) is 13.3 Å². The maximum atomic E-state index is 13.2. The van der Waals surface area contributed by atoms with Gasteiger partial charge in [0, 0.05) is 24.2 Å². The third kappa shape index (κ3) is 3.23. The Morgan fingerprint density at radius 2 is 1.93 bits per heavy atom. The third-order valence-electron chi connectivity index (χ3n) is 5.07. The van der Waals surface area contributed by atoms with Crippen LogP contribution in [-0.2, 0) is 11.2 Å². The minimum absolute atomic E-state index is 0.253. The number of fused-ring (bicyclic) bond motifs is 1. The molecule has 0 saturated heterocycles. The zero-order valence-electron chi connectivity index (χ0n) is 16.7. The lowest BCUT2D eigenvalue weighted by molar-refractivity contribution is 0.348. The van der Waals surface area contributed by atoms with Crippen LogP contribution in [0.1, 0.15) is 18.2 Å². The van der Waals surface area contributed by atoms with E-state index in [1.165, 1.54) is 12.1 Å². The number of nitrogens with zero attached hydrogens (tertiary/aromatic N) is 5. The van der Waals surface area contributed by atoms with Crippen LogP contribution < -0.4 is 4.90 Å². The molecule has 1 aliphatic heterocycles. The van der Waals surface area contributed by atoms with Crippen molar-refractivity contribution in [3.05, 3.63) is 65.0 Å². The van der Waals surface area contributed by atoms with Crippen LogP contribution in [-0.4, -0.2) is 40.5 Å². The second-order valence-electron chi connectivity index (χ2n) is 7.00. The number of hydrogen-bond acceptors (Lipinski definition) is 6. The van der Waals surface area contributed by atoms with E-state index in [1.54, 1.807) is 23.5 Å². The van der Waals surface area contributed by atoms with Crippen molar-refractivity contribution < 1.29 is 9.13 Å². The van der Waals surface area contributed by atoms with E-state index in [0.717, 1.165) is 45.5 Å². The molecule has 0 bridgehead atoms. The topological polar surface area (TPSA) is 55.0 Å². The van der Waals surface area contributed by atoms with Crippen molar-refractivity contribution in [2.24, 2.45) is 4.99 Å². The summed E-state index contributed by atoms with van der Waals surface area (Å²) in [5.41, 5.74) is 4.50. The number of imidazole rings is 1. The number of aliphatic imine (C=N–C) groups is 1. The van der Waals surface area contributed by atoms with Gasteiger partial charge in [0.1, 0.15) is 23.9 Å². The molecule has 6 nitrogen and oxygen atoms in total. The molecule has 0 amide bonds. The molecule has 0 spiro atoms. The van der Waals surface area contributed by atoms with Crippen LogP contribution in [0.25, 0.3) is 16.9 Å². The standard InChI is InChI=1S/C22H20FN5OS/c1-3-17-21(28-12-15(6-9-19(28)25-17)20-24-10-11-29-20)27(2)22-26-18(13-30-22)14-4-7-16(23)8-5-14/h4-9,12-13H,3,10-11H2,1-2H3. The number of halogens is 1. The van der Waals surface area contributed by atoms with Gasteiger partial charge in [-0.25, -0.2) is 19.4 Å². The van der Waals surface area contributed by atoms with Crippen LogP contribution >= 0.6 is 11.3 Å². The van der Waals surface area contributed by atoms with E-state index < -0.39 is 0 Å². The van der Waals surface area contributed by atoms with Crippen LogP contribution in [0, 0.1) is 5.82 Å². The van der Waals surface area contributed by atoms with E-state index in [2.05, 4.69) is 21.2 Å². The van der Waals surface area contributed by atoms with Gasteiger partial charge in [0.05, 0.1) is 23.5 Å². The molecule has 0 aliphatic carbocycles. The summed E-state index contributed by atoms with van der Waals surface area (Å²) in [4.78, 5) is 16.1. The van der Waals surface area contributed by atoms with E-state index >= 15 is 0 Å². The highest BCUT2D eigenvalue weighted by molar-refractivity contribution is 7.14. The van der Waals surface area contributed by atoms with E-state index in [1.807, 2.05) is 30.8 Å². The quantitative estimate of drug-likeness (QED) is 0.469. The minimum Gasteiger partial charge on any atom is -0.475 e.